The molecule has 0 fully saturated rings. The van der Waals surface area contributed by atoms with Crippen LogP contribution in [0, 0.1) is 3.57 Å². The lowest BCUT2D eigenvalue weighted by Gasteiger charge is -2.07. The van der Waals surface area contributed by atoms with Crippen LogP contribution in [0.2, 0.25) is 0 Å². The van der Waals surface area contributed by atoms with Crippen LogP contribution < -0.4 is 10.1 Å². The van der Waals surface area contributed by atoms with Crippen molar-refractivity contribution in [3.05, 3.63) is 46.3 Å². The third-order valence-corrected chi connectivity index (χ3v) is 3.21. The third-order valence-electron chi connectivity index (χ3n) is 2.54. The van der Waals surface area contributed by atoms with Crippen molar-refractivity contribution in [3.63, 3.8) is 0 Å². The van der Waals surface area contributed by atoms with Crippen LogP contribution in [-0.2, 0) is 0 Å². The van der Waals surface area contributed by atoms with Crippen LogP contribution in [0.5, 0.6) is 11.8 Å². The van der Waals surface area contributed by atoms with Gasteiger partial charge in [-0.15, -0.1) is 0 Å². The second-order valence-corrected chi connectivity index (χ2v) is 5.25. The molecule has 3 rings (SSSR count). The summed E-state index contributed by atoms with van der Waals surface area (Å²) in [5.74, 6) is 1.47. The molecule has 0 amide bonds. The molecule has 8 heteroatoms. The molecule has 0 aliphatic carbocycles. The Kier molecular flexibility index (Phi) is 3.95. The first-order valence-corrected chi connectivity index (χ1v) is 7.20. The number of nitrogens with one attached hydrogen (secondary N) is 1. The lowest BCUT2D eigenvalue weighted by molar-refractivity contribution is 0.438. The molecule has 0 radical (unpaired) electrons. The van der Waals surface area contributed by atoms with Gasteiger partial charge in [0.05, 0.1) is 0 Å². The molecule has 0 spiro atoms. The van der Waals surface area contributed by atoms with Gasteiger partial charge in [-0.3, -0.25) is 0 Å². The molecule has 0 aliphatic rings. The van der Waals surface area contributed by atoms with Gasteiger partial charge in [0.25, 0.3) is 5.95 Å². The van der Waals surface area contributed by atoms with Crippen molar-refractivity contribution in [2.45, 2.75) is 0 Å². The summed E-state index contributed by atoms with van der Waals surface area (Å²) in [7, 11) is 1.73. The molecular weight excluding hydrogens is 383 g/mol. The van der Waals surface area contributed by atoms with Crippen LogP contribution in [0.1, 0.15) is 0 Å². The summed E-state index contributed by atoms with van der Waals surface area (Å²) < 4.78 is 8.31. The Hall–Kier alpha value is -2.23. The minimum Gasteiger partial charge on any atom is -0.424 e. The number of aromatic nitrogens is 5. The Labute approximate surface area is 134 Å². The predicted molar refractivity (Wildman–Crippen MR) is 85.7 cm³/mol. The molecule has 0 saturated heterocycles. The van der Waals surface area contributed by atoms with E-state index < -0.39 is 0 Å². The molecule has 0 unspecified atom stereocenters. The van der Waals surface area contributed by atoms with Gasteiger partial charge in [0, 0.05) is 23.0 Å². The lowest BCUT2D eigenvalue weighted by atomic mass is 10.3. The Morgan fingerprint density at radius 2 is 2.10 bits per heavy atom. The van der Waals surface area contributed by atoms with Gasteiger partial charge < -0.3 is 10.1 Å². The first-order chi connectivity index (χ1) is 10.2. The number of halogens is 1. The highest BCUT2D eigenvalue weighted by atomic mass is 127. The number of anilines is 1. The monoisotopic (exact) mass is 394 g/mol. The van der Waals surface area contributed by atoms with Crippen LogP contribution in [0.15, 0.2) is 42.7 Å². The fourth-order valence-electron chi connectivity index (χ4n) is 1.63. The van der Waals surface area contributed by atoms with Gasteiger partial charge in [0.2, 0.25) is 5.95 Å². The molecular formula is C13H11IN6O. The summed E-state index contributed by atoms with van der Waals surface area (Å²) in [6.07, 6.45) is 3.41. The van der Waals surface area contributed by atoms with Gasteiger partial charge in [-0.2, -0.15) is 20.1 Å². The molecule has 21 heavy (non-hydrogen) atoms. The summed E-state index contributed by atoms with van der Waals surface area (Å²) in [6, 6.07) is 9.64. The second kappa shape index (κ2) is 6.04. The number of hydrogen-bond acceptors (Lipinski definition) is 6. The van der Waals surface area contributed by atoms with Crippen molar-refractivity contribution in [1.29, 1.82) is 0 Å². The molecule has 0 bridgehead atoms. The van der Waals surface area contributed by atoms with E-state index in [9.17, 15) is 0 Å². The molecule has 0 aliphatic heterocycles. The normalized spacial score (nSPS) is 10.4. The van der Waals surface area contributed by atoms with Crippen LogP contribution in [-0.4, -0.2) is 31.8 Å². The second-order valence-electron chi connectivity index (χ2n) is 4.00. The quantitative estimate of drug-likeness (QED) is 0.686. The molecule has 0 saturated carbocycles. The molecule has 106 valence electrons. The SMILES string of the molecule is CNc1nc(Oc2cccc(I)c2)nc(-n2cccn2)n1. The van der Waals surface area contributed by atoms with Gasteiger partial charge in [0.15, 0.2) is 0 Å². The van der Waals surface area contributed by atoms with E-state index in [4.69, 9.17) is 4.74 Å². The zero-order valence-electron chi connectivity index (χ0n) is 11.1. The number of hydrogen-bond donors (Lipinski definition) is 1. The molecule has 1 N–H and O–H groups in total. The standard InChI is InChI=1S/C13H11IN6O/c1-15-11-17-12(20-7-3-6-16-20)19-13(18-11)21-10-5-2-4-9(14)8-10/h2-8H,1H3,(H,15,17,18,19). The Bertz CT molecular complexity index is 746. The van der Waals surface area contributed by atoms with E-state index in [-0.39, 0.29) is 6.01 Å². The molecule has 1 aromatic carbocycles. The van der Waals surface area contributed by atoms with Crippen molar-refractivity contribution in [3.8, 4) is 17.7 Å². The molecule has 0 atom stereocenters. The highest BCUT2D eigenvalue weighted by molar-refractivity contribution is 14.1. The maximum Gasteiger partial charge on any atom is 0.328 e. The predicted octanol–water partition coefficient (Wildman–Crippen LogP) is 2.50. The van der Waals surface area contributed by atoms with Crippen LogP contribution in [0.3, 0.4) is 0 Å². The number of nitrogens with zero attached hydrogens (tertiary/aromatic N) is 5. The number of benzene rings is 1. The largest absolute Gasteiger partial charge is 0.424 e. The molecule has 7 nitrogen and oxygen atoms in total. The van der Waals surface area contributed by atoms with Crippen LogP contribution >= 0.6 is 22.6 Å². The number of rotatable bonds is 4. The van der Waals surface area contributed by atoms with Crippen LogP contribution in [0.4, 0.5) is 5.95 Å². The fraction of sp³-hybridized carbons (Fsp3) is 0.0769. The maximum absolute atomic E-state index is 5.69. The molecule has 2 heterocycles. The van der Waals surface area contributed by atoms with E-state index in [0.29, 0.717) is 17.6 Å². The van der Waals surface area contributed by atoms with E-state index in [2.05, 4.69) is 48.0 Å². The first-order valence-electron chi connectivity index (χ1n) is 6.12. The van der Waals surface area contributed by atoms with Crippen molar-refractivity contribution >= 4 is 28.5 Å². The molecule has 2 aromatic heterocycles. The van der Waals surface area contributed by atoms with Gasteiger partial charge in [-0.25, -0.2) is 4.68 Å². The van der Waals surface area contributed by atoms with E-state index in [1.54, 1.807) is 30.2 Å². The van der Waals surface area contributed by atoms with Crippen LogP contribution in [0.25, 0.3) is 5.95 Å². The van der Waals surface area contributed by atoms with Crippen molar-refractivity contribution < 1.29 is 4.74 Å². The van der Waals surface area contributed by atoms with Crippen molar-refractivity contribution in [1.82, 2.24) is 24.7 Å². The topological polar surface area (TPSA) is 77.8 Å². The lowest BCUT2D eigenvalue weighted by Crippen LogP contribution is -2.08. The summed E-state index contributed by atoms with van der Waals surface area (Å²) in [5.41, 5.74) is 0. The Morgan fingerprint density at radius 3 is 2.81 bits per heavy atom. The van der Waals surface area contributed by atoms with Gasteiger partial charge in [-0.1, -0.05) is 6.07 Å². The maximum atomic E-state index is 5.69. The van der Waals surface area contributed by atoms with E-state index >= 15 is 0 Å². The smallest absolute Gasteiger partial charge is 0.328 e. The fourth-order valence-corrected chi connectivity index (χ4v) is 2.14. The minimum absolute atomic E-state index is 0.210. The van der Waals surface area contributed by atoms with Gasteiger partial charge >= 0.3 is 6.01 Å². The zero-order valence-corrected chi connectivity index (χ0v) is 13.2. The minimum atomic E-state index is 0.210. The Balaban J connectivity index is 1.96. The summed E-state index contributed by atoms with van der Waals surface area (Å²) >= 11 is 2.22. The average Bonchev–Trinajstić information content (AvgIpc) is 3.01. The average molecular weight is 394 g/mol. The highest BCUT2D eigenvalue weighted by Gasteiger charge is 2.09. The third kappa shape index (κ3) is 3.27. The van der Waals surface area contributed by atoms with Gasteiger partial charge in [-0.05, 0) is 46.9 Å². The van der Waals surface area contributed by atoms with Crippen molar-refractivity contribution in [2.75, 3.05) is 12.4 Å². The molecule has 3 aromatic rings. The van der Waals surface area contributed by atoms with E-state index in [0.717, 1.165) is 3.57 Å². The van der Waals surface area contributed by atoms with Gasteiger partial charge in [0.1, 0.15) is 5.75 Å². The first kappa shape index (κ1) is 13.7. The summed E-state index contributed by atoms with van der Waals surface area (Å²) in [4.78, 5) is 12.7. The Morgan fingerprint density at radius 1 is 1.19 bits per heavy atom. The highest BCUT2D eigenvalue weighted by Crippen LogP contribution is 2.21. The zero-order chi connectivity index (χ0) is 14.7. The number of ether oxygens (including phenoxy) is 1. The van der Waals surface area contributed by atoms with Crippen molar-refractivity contribution in [2.24, 2.45) is 0 Å². The summed E-state index contributed by atoms with van der Waals surface area (Å²) in [5, 5.41) is 6.99. The summed E-state index contributed by atoms with van der Waals surface area (Å²) in [6.45, 7) is 0. The van der Waals surface area contributed by atoms with E-state index in [1.807, 2.05) is 24.3 Å². The van der Waals surface area contributed by atoms with E-state index in [1.165, 1.54) is 0 Å².